The molecule has 0 atom stereocenters. The van der Waals surface area contributed by atoms with E-state index in [4.69, 9.17) is 0 Å². The zero-order valence-corrected chi connectivity index (χ0v) is 20.6. The van der Waals surface area contributed by atoms with Crippen LogP contribution >= 0.6 is 0 Å². The normalized spacial score (nSPS) is 12.4. The summed E-state index contributed by atoms with van der Waals surface area (Å²) in [5, 5.41) is 18.7. The van der Waals surface area contributed by atoms with Crippen molar-refractivity contribution >= 4 is 22.7 Å². The maximum atomic E-state index is 9.35. The number of hydrogen-bond acceptors (Lipinski definition) is 4. The molecule has 1 aliphatic carbocycles. The van der Waals surface area contributed by atoms with Crippen molar-refractivity contribution in [2.75, 3.05) is 64.3 Å². The van der Waals surface area contributed by atoms with Crippen LogP contribution in [0.1, 0.15) is 11.1 Å². The van der Waals surface area contributed by atoms with E-state index in [9.17, 15) is 10.2 Å². The lowest BCUT2D eigenvalue weighted by molar-refractivity contribution is -0.462. The van der Waals surface area contributed by atoms with Crippen molar-refractivity contribution in [2.45, 2.75) is 0 Å². The Bertz CT molecular complexity index is 1010. The van der Waals surface area contributed by atoms with Gasteiger partial charge in [0.15, 0.2) is 5.71 Å². The summed E-state index contributed by atoms with van der Waals surface area (Å²) in [7, 11) is 8.18. The van der Waals surface area contributed by atoms with Crippen molar-refractivity contribution in [3.8, 4) is 0 Å². The van der Waals surface area contributed by atoms with E-state index in [1.54, 1.807) is 0 Å². The summed E-state index contributed by atoms with van der Waals surface area (Å²) in [4.78, 5) is 4.09. The Hall–Kier alpha value is -2.86. The van der Waals surface area contributed by atoms with Crippen LogP contribution in [0.25, 0.3) is 5.57 Å². The standard InChI is InChI=1S/C27H34N3O2.ClH/c1-28(2)24-11-5-21(6-12-24)27(22-7-13-25(14-8-22)29(3)4)23-9-15-26(16-10-23)30(17-19-31)18-20-32;/h5-16,31-32H,17-20H2,1-4H3;1H/q+1;/p-1. The monoisotopic (exact) mass is 467 g/mol. The fourth-order valence-electron chi connectivity index (χ4n) is 3.80. The largest absolute Gasteiger partial charge is 1.00 e. The van der Waals surface area contributed by atoms with Crippen molar-refractivity contribution in [2.24, 2.45) is 0 Å². The maximum Gasteiger partial charge on any atom is 0.199 e. The second-order valence-corrected chi connectivity index (χ2v) is 8.24. The molecule has 6 heteroatoms. The van der Waals surface area contributed by atoms with Crippen molar-refractivity contribution in [3.05, 3.63) is 89.5 Å². The third kappa shape index (κ3) is 6.57. The Morgan fingerprint density at radius 2 is 1.18 bits per heavy atom. The topological polar surface area (TPSA) is 50.0 Å². The van der Waals surface area contributed by atoms with E-state index < -0.39 is 0 Å². The van der Waals surface area contributed by atoms with Crippen LogP contribution in [-0.2, 0) is 0 Å². The van der Waals surface area contributed by atoms with Gasteiger partial charge in [-0.3, -0.25) is 0 Å². The highest BCUT2D eigenvalue weighted by molar-refractivity contribution is 6.04. The van der Waals surface area contributed by atoms with E-state index in [0.717, 1.165) is 33.8 Å². The predicted molar refractivity (Wildman–Crippen MR) is 135 cm³/mol. The number of anilines is 2. The summed E-state index contributed by atoms with van der Waals surface area (Å²) in [6, 6.07) is 17.0. The lowest BCUT2D eigenvalue weighted by atomic mass is 9.90. The van der Waals surface area contributed by atoms with Gasteiger partial charge in [-0.05, 0) is 58.7 Å². The Morgan fingerprint density at radius 1 is 0.727 bits per heavy atom. The van der Waals surface area contributed by atoms with Gasteiger partial charge in [0.05, 0.1) is 13.2 Å². The number of allylic oxidation sites excluding steroid dienone is 5. The molecule has 2 aromatic rings. The van der Waals surface area contributed by atoms with Crippen molar-refractivity contribution in [1.82, 2.24) is 0 Å². The molecule has 176 valence electrons. The SMILES string of the molecule is CN(C)c1ccc(C(=C2C=CC(=[N+](C)C)C=C2)c2ccc(N(CCO)CCO)cc2)cc1.[Cl-]. The van der Waals surface area contributed by atoms with Crippen LogP contribution < -0.4 is 22.2 Å². The third-order valence-electron chi connectivity index (χ3n) is 5.61. The highest BCUT2D eigenvalue weighted by atomic mass is 35.5. The average molecular weight is 468 g/mol. The van der Waals surface area contributed by atoms with Gasteiger partial charge < -0.3 is 32.4 Å². The molecule has 0 heterocycles. The molecule has 33 heavy (non-hydrogen) atoms. The average Bonchev–Trinajstić information content (AvgIpc) is 2.80. The molecule has 2 aromatic carbocycles. The summed E-state index contributed by atoms with van der Waals surface area (Å²) in [6.45, 7) is 1.09. The first-order valence-electron chi connectivity index (χ1n) is 10.9. The molecule has 0 fully saturated rings. The van der Waals surface area contributed by atoms with Crippen LogP contribution in [-0.4, -0.2) is 75.0 Å². The first-order chi connectivity index (χ1) is 15.4. The van der Waals surface area contributed by atoms with E-state index in [1.165, 1.54) is 5.57 Å². The van der Waals surface area contributed by atoms with Gasteiger partial charge in [-0.1, -0.05) is 24.3 Å². The summed E-state index contributed by atoms with van der Waals surface area (Å²) in [5.41, 5.74) is 7.92. The molecule has 0 aliphatic heterocycles. The number of benzene rings is 2. The summed E-state index contributed by atoms with van der Waals surface area (Å²) in [6.07, 6.45) is 8.62. The number of aliphatic hydroxyl groups is 2. The molecule has 0 spiro atoms. The van der Waals surface area contributed by atoms with Crippen LogP contribution in [0.3, 0.4) is 0 Å². The fourth-order valence-corrected chi connectivity index (χ4v) is 3.80. The van der Waals surface area contributed by atoms with Gasteiger partial charge in [-0.25, -0.2) is 4.58 Å². The van der Waals surface area contributed by atoms with E-state index in [1.807, 2.05) is 33.1 Å². The van der Waals surface area contributed by atoms with E-state index in [0.29, 0.717) is 13.1 Å². The molecular weight excluding hydrogens is 434 g/mol. The predicted octanol–water partition coefficient (Wildman–Crippen LogP) is 0.189. The maximum absolute atomic E-state index is 9.35. The molecule has 2 N–H and O–H groups in total. The molecule has 0 amide bonds. The smallest absolute Gasteiger partial charge is 0.199 e. The highest BCUT2D eigenvalue weighted by Gasteiger charge is 2.14. The first-order valence-corrected chi connectivity index (χ1v) is 10.9. The molecule has 1 aliphatic rings. The quantitative estimate of drug-likeness (QED) is 0.544. The molecule has 5 nitrogen and oxygen atoms in total. The van der Waals surface area contributed by atoms with Gasteiger partial charge in [-0.2, -0.15) is 0 Å². The van der Waals surface area contributed by atoms with Crippen molar-refractivity contribution in [3.63, 3.8) is 0 Å². The van der Waals surface area contributed by atoms with Crippen LogP contribution in [0, 0.1) is 0 Å². The molecule has 0 saturated carbocycles. The van der Waals surface area contributed by atoms with E-state index in [-0.39, 0.29) is 25.6 Å². The third-order valence-corrected chi connectivity index (χ3v) is 5.61. The van der Waals surface area contributed by atoms with Crippen molar-refractivity contribution < 1.29 is 27.2 Å². The zero-order valence-electron chi connectivity index (χ0n) is 19.9. The summed E-state index contributed by atoms with van der Waals surface area (Å²) < 4.78 is 2.10. The van der Waals surface area contributed by atoms with Crippen molar-refractivity contribution in [1.29, 1.82) is 0 Å². The highest BCUT2D eigenvalue weighted by Crippen LogP contribution is 2.32. The minimum atomic E-state index is 0. The Labute approximate surface area is 203 Å². The second kappa shape index (κ2) is 12.4. The van der Waals surface area contributed by atoms with Crippen LogP contribution in [0.15, 0.2) is 78.4 Å². The molecule has 0 aromatic heterocycles. The number of rotatable bonds is 8. The molecule has 3 rings (SSSR count). The minimum Gasteiger partial charge on any atom is -1.00 e. The number of nitrogens with zero attached hydrogens (tertiary/aromatic N) is 3. The Kier molecular flexibility index (Phi) is 9.92. The number of hydrogen-bond donors (Lipinski definition) is 2. The van der Waals surface area contributed by atoms with E-state index in [2.05, 4.69) is 82.3 Å². The summed E-state index contributed by atoms with van der Waals surface area (Å²) >= 11 is 0. The minimum absolute atomic E-state index is 0. The number of aliphatic hydroxyl groups excluding tert-OH is 2. The Balaban J connectivity index is 0.00000385. The molecule has 0 unspecified atom stereocenters. The van der Waals surface area contributed by atoms with Crippen LogP contribution in [0.2, 0.25) is 0 Å². The summed E-state index contributed by atoms with van der Waals surface area (Å²) in [5.74, 6) is 0. The lowest BCUT2D eigenvalue weighted by Gasteiger charge is -2.23. The fraction of sp³-hybridized carbons (Fsp3) is 0.296. The zero-order chi connectivity index (χ0) is 23.1. The van der Waals surface area contributed by atoms with Gasteiger partial charge in [0.25, 0.3) is 0 Å². The van der Waals surface area contributed by atoms with Gasteiger partial charge >= 0.3 is 0 Å². The lowest BCUT2D eigenvalue weighted by Crippen LogP contribution is -3.00. The molecule has 0 saturated heterocycles. The van der Waals surface area contributed by atoms with Gasteiger partial charge in [0.1, 0.15) is 14.1 Å². The molecular formula is C27H34ClN3O2. The van der Waals surface area contributed by atoms with Crippen LogP contribution in [0.5, 0.6) is 0 Å². The van der Waals surface area contributed by atoms with Gasteiger partial charge in [0.2, 0.25) is 0 Å². The van der Waals surface area contributed by atoms with Gasteiger partial charge in [0, 0.05) is 50.7 Å². The second-order valence-electron chi connectivity index (χ2n) is 8.24. The van der Waals surface area contributed by atoms with Crippen LogP contribution in [0.4, 0.5) is 11.4 Å². The Morgan fingerprint density at radius 3 is 1.58 bits per heavy atom. The molecule has 0 bridgehead atoms. The van der Waals surface area contributed by atoms with E-state index >= 15 is 0 Å². The van der Waals surface area contributed by atoms with Gasteiger partial charge in [-0.15, -0.1) is 0 Å². The first kappa shape index (κ1) is 26.4. The number of halogens is 1. The molecule has 0 radical (unpaired) electrons.